The molecule has 0 aliphatic rings. The molecule has 0 saturated carbocycles. The Hall–Kier alpha value is -2.97. The number of aryl methyl sites for hydroxylation is 2. The van der Waals surface area contributed by atoms with Crippen LogP contribution >= 0.6 is 11.3 Å². The first-order chi connectivity index (χ1) is 11.7. The second-order valence-corrected chi connectivity index (χ2v) is 6.26. The molecule has 0 fully saturated rings. The third-order valence-electron chi connectivity index (χ3n) is 3.55. The molecule has 0 atom stereocenters. The van der Waals surface area contributed by atoms with Crippen molar-refractivity contribution in [3.05, 3.63) is 70.0 Å². The van der Waals surface area contributed by atoms with E-state index in [1.54, 1.807) is 0 Å². The summed E-state index contributed by atoms with van der Waals surface area (Å²) in [6.07, 6.45) is 0. The van der Waals surface area contributed by atoms with Gasteiger partial charge in [-0.15, -0.1) is 11.3 Å². The number of nitrogens with one attached hydrogen (secondary N) is 1. The number of aromatic nitrogens is 1. The van der Waals surface area contributed by atoms with E-state index in [4.69, 9.17) is 0 Å². The number of nitriles is 1. The van der Waals surface area contributed by atoms with Crippen molar-refractivity contribution in [1.29, 1.82) is 5.26 Å². The topological polar surface area (TPSA) is 61.1 Å². The van der Waals surface area contributed by atoms with Gasteiger partial charge in [-0.1, -0.05) is 48.0 Å². The Bertz CT molecular complexity index is 920. The van der Waals surface area contributed by atoms with Gasteiger partial charge < -0.3 is 0 Å². The molecular weight excluding hydrogens is 316 g/mol. The lowest BCUT2D eigenvalue weighted by Crippen LogP contribution is -2.02. The zero-order valence-electron chi connectivity index (χ0n) is 13.4. The quantitative estimate of drug-likeness (QED) is 0.553. The van der Waals surface area contributed by atoms with Crippen LogP contribution in [-0.4, -0.2) is 10.7 Å². The van der Waals surface area contributed by atoms with Crippen LogP contribution in [0.1, 0.15) is 16.1 Å². The average molecular weight is 332 g/mol. The first-order valence-electron chi connectivity index (χ1n) is 7.50. The predicted molar refractivity (Wildman–Crippen MR) is 99.2 cm³/mol. The van der Waals surface area contributed by atoms with Gasteiger partial charge in [0.15, 0.2) is 10.7 Å². The van der Waals surface area contributed by atoms with Crippen molar-refractivity contribution in [3.8, 4) is 17.3 Å². The van der Waals surface area contributed by atoms with Crippen LogP contribution in [-0.2, 0) is 0 Å². The first kappa shape index (κ1) is 15.9. The highest BCUT2D eigenvalue weighted by Crippen LogP contribution is 2.22. The summed E-state index contributed by atoms with van der Waals surface area (Å²) in [7, 11) is 0. The van der Waals surface area contributed by atoms with Gasteiger partial charge in [0, 0.05) is 10.9 Å². The molecule has 1 aromatic heterocycles. The average Bonchev–Trinajstić information content (AvgIpc) is 3.08. The van der Waals surface area contributed by atoms with Crippen LogP contribution in [0.25, 0.3) is 11.3 Å². The van der Waals surface area contributed by atoms with Gasteiger partial charge >= 0.3 is 0 Å². The van der Waals surface area contributed by atoms with E-state index in [1.807, 2.05) is 61.7 Å². The van der Waals surface area contributed by atoms with E-state index in [-0.39, 0.29) is 5.71 Å². The summed E-state index contributed by atoms with van der Waals surface area (Å²) in [5.41, 5.74) is 8.29. The van der Waals surface area contributed by atoms with Gasteiger partial charge in [0.2, 0.25) is 0 Å². The van der Waals surface area contributed by atoms with Gasteiger partial charge in [-0.25, -0.2) is 4.98 Å². The van der Waals surface area contributed by atoms with Crippen molar-refractivity contribution in [2.45, 2.75) is 13.8 Å². The molecule has 2 aromatic carbocycles. The molecule has 0 aliphatic carbocycles. The molecule has 0 bridgehead atoms. The van der Waals surface area contributed by atoms with E-state index in [2.05, 4.69) is 27.6 Å². The Labute approximate surface area is 145 Å². The minimum absolute atomic E-state index is 0.280. The third kappa shape index (κ3) is 3.50. The Kier molecular flexibility index (Phi) is 4.69. The molecule has 0 saturated heterocycles. The summed E-state index contributed by atoms with van der Waals surface area (Å²) in [4.78, 5) is 4.53. The molecule has 4 nitrogen and oxygen atoms in total. The summed E-state index contributed by atoms with van der Waals surface area (Å²) in [6, 6.07) is 18.0. The van der Waals surface area contributed by atoms with Crippen molar-refractivity contribution in [2.75, 3.05) is 5.43 Å². The fourth-order valence-electron chi connectivity index (χ4n) is 2.30. The second-order valence-electron chi connectivity index (χ2n) is 5.41. The maximum Gasteiger partial charge on any atom is 0.196 e. The molecule has 0 radical (unpaired) electrons. The summed E-state index contributed by atoms with van der Waals surface area (Å²) in [5.74, 6) is 0. The standard InChI is InChI=1S/C19H16N4S/c1-13-8-9-16(14(2)10-13)22-23-17(11-20)19-21-18(12-24-19)15-6-4-3-5-7-15/h3-10,12,22H,1-2H3. The summed E-state index contributed by atoms with van der Waals surface area (Å²) in [6.45, 7) is 4.05. The van der Waals surface area contributed by atoms with Crippen molar-refractivity contribution in [3.63, 3.8) is 0 Å². The SMILES string of the molecule is Cc1ccc(NN=C(C#N)c2nc(-c3ccccc3)cs2)c(C)c1. The van der Waals surface area contributed by atoms with Gasteiger partial charge in [0.25, 0.3) is 0 Å². The number of hydrogen-bond donors (Lipinski definition) is 1. The summed E-state index contributed by atoms with van der Waals surface area (Å²) < 4.78 is 0. The zero-order valence-corrected chi connectivity index (χ0v) is 14.3. The van der Waals surface area contributed by atoms with Crippen LogP contribution < -0.4 is 5.43 Å². The number of benzene rings is 2. The molecular formula is C19H16N4S. The normalized spacial score (nSPS) is 11.1. The fraction of sp³-hybridized carbons (Fsp3) is 0.105. The van der Waals surface area contributed by atoms with Crippen molar-refractivity contribution < 1.29 is 0 Å². The lowest BCUT2D eigenvalue weighted by Gasteiger charge is -2.05. The monoisotopic (exact) mass is 332 g/mol. The molecule has 118 valence electrons. The largest absolute Gasteiger partial charge is 0.277 e. The smallest absolute Gasteiger partial charge is 0.196 e. The molecule has 1 heterocycles. The zero-order chi connectivity index (χ0) is 16.9. The lowest BCUT2D eigenvalue weighted by atomic mass is 10.1. The van der Waals surface area contributed by atoms with E-state index in [0.29, 0.717) is 5.01 Å². The van der Waals surface area contributed by atoms with Gasteiger partial charge in [0.1, 0.15) is 6.07 Å². The predicted octanol–water partition coefficient (Wildman–Crippen LogP) is 4.77. The highest BCUT2D eigenvalue weighted by atomic mass is 32.1. The van der Waals surface area contributed by atoms with E-state index < -0.39 is 0 Å². The maximum atomic E-state index is 9.40. The fourth-order valence-corrected chi connectivity index (χ4v) is 3.07. The number of rotatable bonds is 4. The highest BCUT2D eigenvalue weighted by molar-refractivity contribution is 7.12. The second kappa shape index (κ2) is 7.07. The minimum Gasteiger partial charge on any atom is -0.277 e. The van der Waals surface area contributed by atoms with Crippen LogP contribution in [0.15, 0.2) is 59.0 Å². The van der Waals surface area contributed by atoms with E-state index in [9.17, 15) is 5.26 Å². The molecule has 3 rings (SSSR count). The summed E-state index contributed by atoms with van der Waals surface area (Å²) >= 11 is 1.41. The van der Waals surface area contributed by atoms with Crippen molar-refractivity contribution in [1.82, 2.24) is 4.98 Å². The van der Waals surface area contributed by atoms with Crippen LogP contribution in [0.5, 0.6) is 0 Å². The van der Waals surface area contributed by atoms with Crippen molar-refractivity contribution >= 4 is 22.7 Å². The van der Waals surface area contributed by atoms with E-state index in [1.165, 1.54) is 16.9 Å². The van der Waals surface area contributed by atoms with Gasteiger partial charge in [-0.05, 0) is 25.5 Å². The Balaban J connectivity index is 1.84. The molecule has 24 heavy (non-hydrogen) atoms. The molecule has 1 N–H and O–H groups in total. The van der Waals surface area contributed by atoms with E-state index >= 15 is 0 Å². The first-order valence-corrected chi connectivity index (χ1v) is 8.37. The molecule has 0 spiro atoms. The molecule has 0 amide bonds. The minimum atomic E-state index is 0.280. The van der Waals surface area contributed by atoms with Gasteiger partial charge in [0.05, 0.1) is 11.4 Å². The summed E-state index contributed by atoms with van der Waals surface area (Å²) in [5, 5.41) is 16.2. The number of nitrogens with zero attached hydrogens (tertiary/aromatic N) is 3. The van der Waals surface area contributed by atoms with Crippen LogP contribution in [0.4, 0.5) is 5.69 Å². The Morgan fingerprint density at radius 2 is 1.96 bits per heavy atom. The van der Waals surface area contributed by atoms with Gasteiger partial charge in [-0.3, -0.25) is 5.43 Å². The number of thiazole rings is 1. The Morgan fingerprint density at radius 1 is 1.17 bits per heavy atom. The van der Waals surface area contributed by atoms with Crippen LogP contribution in [0.2, 0.25) is 0 Å². The van der Waals surface area contributed by atoms with Crippen molar-refractivity contribution in [2.24, 2.45) is 5.10 Å². The number of anilines is 1. The lowest BCUT2D eigenvalue weighted by molar-refractivity contribution is 1.27. The van der Waals surface area contributed by atoms with Crippen LogP contribution in [0, 0.1) is 25.2 Å². The highest BCUT2D eigenvalue weighted by Gasteiger charge is 2.10. The van der Waals surface area contributed by atoms with E-state index in [0.717, 1.165) is 22.5 Å². The van der Waals surface area contributed by atoms with Gasteiger partial charge in [-0.2, -0.15) is 10.4 Å². The number of hydrazone groups is 1. The van der Waals surface area contributed by atoms with Crippen LogP contribution in [0.3, 0.4) is 0 Å². The molecule has 3 aromatic rings. The maximum absolute atomic E-state index is 9.40. The third-order valence-corrected chi connectivity index (χ3v) is 4.40. The molecule has 0 unspecified atom stereocenters. The number of hydrogen-bond acceptors (Lipinski definition) is 5. The Morgan fingerprint density at radius 3 is 2.67 bits per heavy atom. The molecule has 5 heteroatoms. The molecule has 0 aliphatic heterocycles.